The van der Waals surface area contributed by atoms with Gasteiger partial charge in [0.25, 0.3) is 11.5 Å². The van der Waals surface area contributed by atoms with E-state index in [-0.39, 0.29) is 11.5 Å². The van der Waals surface area contributed by atoms with Crippen LogP contribution in [-0.2, 0) is 5.75 Å². The number of amides is 1. The van der Waals surface area contributed by atoms with Crippen LogP contribution in [0.1, 0.15) is 15.9 Å². The second-order valence-corrected chi connectivity index (χ2v) is 5.63. The molecule has 6 nitrogen and oxygen atoms in total. The number of H-pyrrole nitrogens is 1. The zero-order chi connectivity index (χ0) is 14.5. The molecule has 0 spiro atoms. The zero-order valence-corrected chi connectivity index (χ0v) is 12.6. The molecule has 1 aromatic heterocycles. The van der Waals surface area contributed by atoms with E-state index in [9.17, 15) is 9.59 Å². The number of hydrazine groups is 1. The van der Waals surface area contributed by atoms with Crippen LogP contribution in [0.5, 0.6) is 0 Å². The number of carbonyl (C=O) groups is 1. The molecular formula is C12H11BrN4O2S. The Morgan fingerprint density at radius 3 is 2.90 bits per heavy atom. The summed E-state index contributed by atoms with van der Waals surface area (Å²) in [6.07, 6.45) is 1.46. The summed E-state index contributed by atoms with van der Waals surface area (Å²) in [5.74, 6) is 5.34. The molecule has 0 saturated carbocycles. The van der Waals surface area contributed by atoms with Gasteiger partial charge in [-0.1, -0.05) is 33.8 Å². The van der Waals surface area contributed by atoms with E-state index in [4.69, 9.17) is 5.84 Å². The fourth-order valence-electron chi connectivity index (χ4n) is 1.46. The number of benzene rings is 1. The lowest BCUT2D eigenvalue weighted by atomic mass is 10.1. The van der Waals surface area contributed by atoms with E-state index in [0.717, 1.165) is 10.0 Å². The van der Waals surface area contributed by atoms with Crippen LogP contribution in [0.4, 0.5) is 0 Å². The van der Waals surface area contributed by atoms with Crippen molar-refractivity contribution < 1.29 is 4.79 Å². The number of nitrogens with two attached hydrogens (primary N) is 1. The molecule has 0 bridgehead atoms. The molecule has 2 rings (SSSR count). The summed E-state index contributed by atoms with van der Waals surface area (Å²) in [4.78, 5) is 29.2. The molecule has 0 unspecified atom stereocenters. The average Bonchev–Trinajstić information content (AvgIpc) is 2.45. The van der Waals surface area contributed by atoms with Crippen LogP contribution in [-0.4, -0.2) is 15.9 Å². The Bertz CT molecular complexity index is 689. The Morgan fingerprint density at radius 1 is 1.45 bits per heavy atom. The van der Waals surface area contributed by atoms with E-state index in [1.165, 1.54) is 24.0 Å². The molecule has 20 heavy (non-hydrogen) atoms. The van der Waals surface area contributed by atoms with Crippen LogP contribution < -0.4 is 16.8 Å². The Hall–Kier alpha value is -1.64. The van der Waals surface area contributed by atoms with E-state index in [1.807, 2.05) is 6.07 Å². The second-order valence-electron chi connectivity index (χ2n) is 3.81. The number of aromatic amines is 1. The summed E-state index contributed by atoms with van der Waals surface area (Å²) < 4.78 is 0.796. The molecule has 0 aliphatic heterocycles. The maximum absolute atomic E-state index is 11.4. The summed E-state index contributed by atoms with van der Waals surface area (Å²) in [5, 5.41) is 0.549. The zero-order valence-electron chi connectivity index (χ0n) is 10.2. The minimum atomic E-state index is -0.348. The van der Waals surface area contributed by atoms with Crippen molar-refractivity contribution in [2.75, 3.05) is 0 Å². The smallest absolute Gasteiger partial charge is 0.265 e. The number of halogens is 1. The van der Waals surface area contributed by atoms with Crippen LogP contribution >= 0.6 is 27.7 Å². The van der Waals surface area contributed by atoms with Gasteiger partial charge in [-0.3, -0.25) is 15.0 Å². The summed E-state index contributed by atoms with van der Waals surface area (Å²) >= 11 is 4.81. The van der Waals surface area contributed by atoms with Crippen molar-refractivity contribution in [3.8, 4) is 0 Å². The number of nitrogens with one attached hydrogen (secondary N) is 2. The molecule has 0 atom stereocenters. The Labute approximate surface area is 127 Å². The monoisotopic (exact) mass is 354 g/mol. The van der Waals surface area contributed by atoms with Crippen LogP contribution in [0, 0.1) is 0 Å². The molecule has 8 heteroatoms. The maximum Gasteiger partial charge on any atom is 0.265 e. The van der Waals surface area contributed by atoms with Gasteiger partial charge in [0.1, 0.15) is 0 Å². The number of aromatic nitrogens is 2. The maximum atomic E-state index is 11.4. The summed E-state index contributed by atoms with van der Waals surface area (Å²) in [6, 6.07) is 6.56. The van der Waals surface area contributed by atoms with Gasteiger partial charge in [-0.25, -0.2) is 10.8 Å². The lowest BCUT2D eigenvalue weighted by Gasteiger charge is -2.06. The van der Waals surface area contributed by atoms with Gasteiger partial charge in [-0.15, -0.1) is 0 Å². The van der Waals surface area contributed by atoms with Gasteiger partial charge in [0.05, 0.1) is 0 Å². The van der Waals surface area contributed by atoms with Crippen molar-refractivity contribution in [3.05, 3.63) is 56.4 Å². The molecule has 0 aliphatic carbocycles. The first-order valence-corrected chi connectivity index (χ1v) is 7.35. The third-order valence-corrected chi connectivity index (χ3v) is 4.13. The van der Waals surface area contributed by atoms with E-state index >= 15 is 0 Å². The van der Waals surface area contributed by atoms with Gasteiger partial charge >= 0.3 is 0 Å². The van der Waals surface area contributed by atoms with Gasteiger partial charge in [0, 0.05) is 28.1 Å². The van der Waals surface area contributed by atoms with Gasteiger partial charge in [0.15, 0.2) is 5.16 Å². The third-order valence-electron chi connectivity index (χ3n) is 2.46. The predicted molar refractivity (Wildman–Crippen MR) is 80.2 cm³/mol. The molecule has 1 aromatic carbocycles. The Balaban J connectivity index is 2.10. The predicted octanol–water partition coefficient (Wildman–Crippen LogP) is 1.43. The quantitative estimate of drug-likeness (QED) is 0.253. The van der Waals surface area contributed by atoms with Crippen molar-refractivity contribution in [3.63, 3.8) is 0 Å². The molecule has 0 fully saturated rings. The van der Waals surface area contributed by atoms with Crippen molar-refractivity contribution in [2.24, 2.45) is 5.84 Å². The SMILES string of the molecule is NNC(=O)c1ccc(CSc2nccc(=O)[nH]2)c(Br)c1. The second kappa shape index (κ2) is 6.69. The summed E-state index contributed by atoms with van der Waals surface area (Å²) in [6.45, 7) is 0. The van der Waals surface area contributed by atoms with Crippen LogP contribution in [0.15, 0.2) is 44.9 Å². The molecule has 0 aliphatic rings. The highest BCUT2D eigenvalue weighted by Crippen LogP contribution is 2.25. The highest BCUT2D eigenvalue weighted by molar-refractivity contribution is 9.10. The minimum absolute atomic E-state index is 0.184. The standard InChI is InChI=1S/C12H11BrN4O2S/c13-9-5-7(11(19)17-14)1-2-8(9)6-20-12-15-4-3-10(18)16-12/h1-5H,6,14H2,(H,17,19)(H,15,16,18). The van der Waals surface area contributed by atoms with Crippen LogP contribution in [0.2, 0.25) is 0 Å². The van der Waals surface area contributed by atoms with E-state index in [0.29, 0.717) is 16.5 Å². The first-order valence-electron chi connectivity index (χ1n) is 5.57. The number of hydrogen-bond acceptors (Lipinski definition) is 5. The van der Waals surface area contributed by atoms with Crippen molar-refractivity contribution in [2.45, 2.75) is 10.9 Å². The van der Waals surface area contributed by atoms with Crippen molar-refractivity contribution in [1.82, 2.24) is 15.4 Å². The number of thioether (sulfide) groups is 1. The number of rotatable bonds is 4. The number of carbonyl (C=O) groups excluding carboxylic acids is 1. The lowest BCUT2D eigenvalue weighted by molar-refractivity contribution is 0.0953. The average molecular weight is 355 g/mol. The fourth-order valence-corrected chi connectivity index (χ4v) is 3.02. The van der Waals surface area contributed by atoms with Gasteiger partial charge in [-0.2, -0.15) is 0 Å². The van der Waals surface area contributed by atoms with Gasteiger partial charge in [0.2, 0.25) is 0 Å². The molecule has 0 saturated heterocycles. The first-order chi connectivity index (χ1) is 9.60. The highest BCUT2D eigenvalue weighted by atomic mass is 79.9. The summed E-state index contributed by atoms with van der Waals surface area (Å²) in [7, 11) is 0. The van der Waals surface area contributed by atoms with E-state index < -0.39 is 0 Å². The highest BCUT2D eigenvalue weighted by Gasteiger charge is 2.08. The number of hydrogen-bond donors (Lipinski definition) is 3. The molecule has 4 N–H and O–H groups in total. The van der Waals surface area contributed by atoms with Gasteiger partial charge in [-0.05, 0) is 17.7 Å². The van der Waals surface area contributed by atoms with Crippen LogP contribution in [0.25, 0.3) is 0 Å². The van der Waals surface area contributed by atoms with Crippen molar-refractivity contribution >= 4 is 33.6 Å². The Morgan fingerprint density at radius 2 is 2.25 bits per heavy atom. The van der Waals surface area contributed by atoms with Crippen LogP contribution in [0.3, 0.4) is 0 Å². The topological polar surface area (TPSA) is 101 Å². The fraction of sp³-hybridized carbons (Fsp3) is 0.0833. The number of nitrogens with zero attached hydrogens (tertiary/aromatic N) is 1. The summed E-state index contributed by atoms with van der Waals surface area (Å²) in [5.41, 5.74) is 3.35. The van der Waals surface area contributed by atoms with Gasteiger partial charge < -0.3 is 4.98 Å². The molecule has 104 valence electrons. The molecule has 1 amide bonds. The minimum Gasteiger partial charge on any atom is -0.301 e. The molecular weight excluding hydrogens is 344 g/mol. The van der Waals surface area contributed by atoms with E-state index in [2.05, 4.69) is 31.3 Å². The third kappa shape index (κ3) is 3.69. The molecule has 1 heterocycles. The Kier molecular flexibility index (Phi) is 4.94. The van der Waals surface area contributed by atoms with Crippen molar-refractivity contribution in [1.29, 1.82) is 0 Å². The number of nitrogen functional groups attached to an aromatic ring is 1. The molecule has 2 aromatic rings. The normalized spacial score (nSPS) is 10.3. The van der Waals surface area contributed by atoms with E-state index in [1.54, 1.807) is 12.1 Å². The first kappa shape index (κ1) is 14.8. The largest absolute Gasteiger partial charge is 0.301 e. The lowest BCUT2D eigenvalue weighted by Crippen LogP contribution is -2.29. The molecule has 0 radical (unpaired) electrons.